The van der Waals surface area contributed by atoms with Crippen LogP contribution in [0.15, 0.2) is 30.3 Å². The fourth-order valence-electron chi connectivity index (χ4n) is 3.92. The Kier molecular flexibility index (Phi) is 5.11. The molecular formula is C18H21N5O7S. The molecule has 0 spiro atoms. The first-order valence-corrected chi connectivity index (χ1v) is 10.7. The van der Waals surface area contributed by atoms with E-state index in [0.717, 1.165) is 0 Å². The highest BCUT2D eigenvalue weighted by Crippen LogP contribution is 2.46. The number of aromatic nitrogens is 2. The molecule has 166 valence electrons. The van der Waals surface area contributed by atoms with Gasteiger partial charge in [0.1, 0.15) is 24.1 Å². The number of fused-ring (bicyclic) bond motifs is 4. The number of hydroxylamine groups is 2. The van der Waals surface area contributed by atoms with Crippen LogP contribution in [0.1, 0.15) is 29.0 Å². The van der Waals surface area contributed by atoms with E-state index in [2.05, 4.69) is 9.38 Å². The van der Waals surface area contributed by atoms with Crippen LogP contribution in [0.3, 0.4) is 0 Å². The summed E-state index contributed by atoms with van der Waals surface area (Å²) in [5, 5.41) is 5.02. The first kappa shape index (κ1) is 21.1. The number of hydrogen-bond acceptors (Lipinski definition) is 7. The fourth-order valence-corrected chi connectivity index (χ4v) is 4.29. The van der Waals surface area contributed by atoms with Gasteiger partial charge in [0, 0.05) is 26.7 Å². The van der Waals surface area contributed by atoms with E-state index in [1.54, 1.807) is 33.3 Å². The third-order valence-corrected chi connectivity index (χ3v) is 5.51. The first-order valence-electron chi connectivity index (χ1n) is 9.30. The number of benzene rings is 1. The molecule has 1 N–H and O–H groups in total. The summed E-state index contributed by atoms with van der Waals surface area (Å²) in [4.78, 5) is 28.4. The Bertz CT molecular complexity index is 1130. The maximum atomic E-state index is 13.0. The van der Waals surface area contributed by atoms with E-state index >= 15 is 0 Å². The second kappa shape index (κ2) is 7.51. The van der Waals surface area contributed by atoms with Gasteiger partial charge in [0.05, 0.1) is 12.2 Å². The number of carbonyl (C=O) groups is 2. The molecule has 4 rings (SSSR count). The molecule has 2 aliphatic heterocycles. The second-order valence-electron chi connectivity index (χ2n) is 7.38. The molecule has 1 aromatic carbocycles. The van der Waals surface area contributed by atoms with Gasteiger partial charge in [-0.3, -0.25) is 14.0 Å². The summed E-state index contributed by atoms with van der Waals surface area (Å²) in [5.41, 5.74) is 1.29. The zero-order chi connectivity index (χ0) is 22.5. The monoisotopic (exact) mass is 451 g/mol. The van der Waals surface area contributed by atoms with Crippen molar-refractivity contribution < 1.29 is 31.6 Å². The van der Waals surface area contributed by atoms with Crippen molar-refractivity contribution in [2.45, 2.75) is 18.7 Å². The first-order chi connectivity index (χ1) is 14.6. The van der Waals surface area contributed by atoms with E-state index in [0.29, 0.717) is 27.8 Å². The predicted octanol–water partition coefficient (Wildman–Crippen LogP) is 0.655. The molecule has 3 amide bonds. The number of ether oxygens (including phenoxy) is 1. The molecule has 2 atom stereocenters. The zero-order valence-corrected chi connectivity index (χ0v) is 17.8. The van der Waals surface area contributed by atoms with Gasteiger partial charge < -0.3 is 14.5 Å². The van der Waals surface area contributed by atoms with Crippen LogP contribution < -0.4 is 4.74 Å². The fraction of sp³-hybridized carbons (Fsp3) is 0.389. The van der Waals surface area contributed by atoms with E-state index in [1.807, 2.05) is 18.2 Å². The summed E-state index contributed by atoms with van der Waals surface area (Å²) < 4.78 is 43.7. The van der Waals surface area contributed by atoms with E-state index in [-0.39, 0.29) is 19.1 Å². The van der Waals surface area contributed by atoms with E-state index in [4.69, 9.17) is 4.74 Å². The molecule has 2 unspecified atom stereocenters. The Hall–Kier alpha value is -3.16. The second-order valence-corrected chi connectivity index (χ2v) is 8.39. The topological polar surface area (TPSA) is 135 Å². The smallest absolute Gasteiger partial charge is 0.418 e. The van der Waals surface area contributed by atoms with Crippen molar-refractivity contribution >= 4 is 22.3 Å². The molecule has 0 radical (unpaired) electrons. The lowest BCUT2D eigenvalue weighted by Gasteiger charge is -2.32. The third-order valence-electron chi connectivity index (χ3n) is 5.16. The number of amides is 3. The quantitative estimate of drug-likeness (QED) is 0.633. The Morgan fingerprint density at radius 1 is 1.29 bits per heavy atom. The van der Waals surface area contributed by atoms with Crippen LogP contribution in [-0.4, -0.2) is 70.2 Å². The van der Waals surface area contributed by atoms with Crippen molar-refractivity contribution in [3.05, 3.63) is 47.3 Å². The van der Waals surface area contributed by atoms with Gasteiger partial charge in [-0.15, -0.1) is 4.28 Å². The summed E-state index contributed by atoms with van der Waals surface area (Å²) in [7, 11) is -0.237. The molecule has 2 bridgehead atoms. The summed E-state index contributed by atoms with van der Waals surface area (Å²) in [6.07, 6.45) is 0. The van der Waals surface area contributed by atoms with Crippen LogP contribution in [0.4, 0.5) is 4.79 Å². The molecule has 2 aliphatic rings. The van der Waals surface area contributed by atoms with Crippen molar-refractivity contribution in [1.82, 2.24) is 24.6 Å². The van der Waals surface area contributed by atoms with Gasteiger partial charge >= 0.3 is 16.4 Å². The highest BCUT2D eigenvalue weighted by molar-refractivity contribution is 7.80. The third kappa shape index (κ3) is 3.71. The number of nitrogens with zero attached hydrogens (tertiary/aromatic N) is 5. The number of hydrogen-bond donors (Lipinski definition) is 1. The van der Waals surface area contributed by atoms with Crippen LogP contribution in [0.2, 0.25) is 0 Å². The van der Waals surface area contributed by atoms with Crippen LogP contribution in [0.5, 0.6) is 5.75 Å². The Balaban J connectivity index is 1.79. The van der Waals surface area contributed by atoms with Gasteiger partial charge in [-0.05, 0) is 12.1 Å². The SMILES string of the molecule is CN(C)C(=O)C1c2c(c(COc3ccccc3)nn2C)C2CN1C(=O)N2OS(=O)(=O)O. The summed E-state index contributed by atoms with van der Waals surface area (Å²) in [6.45, 7) is -0.00387. The minimum atomic E-state index is -4.97. The lowest BCUT2D eigenvalue weighted by atomic mass is 9.94. The number of carbonyl (C=O) groups excluding carboxylic acids is 2. The van der Waals surface area contributed by atoms with Gasteiger partial charge in [0.2, 0.25) is 0 Å². The highest BCUT2D eigenvalue weighted by Gasteiger charge is 2.55. The number of likely N-dealkylation sites (N-methyl/N-ethyl adjacent to an activating group) is 1. The largest absolute Gasteiger partial charge is 0.487 e. The Morgan fingerprint density at radius 2 is 1.97 bits per heavy atom. The van der Waals surface area contributed by atoms with Crippen molar-refractivity contribution in [3.8, 4) is 5.75 Å². The van der Waals surface area contributed by atoms with Gasteiger partial charge in [-0.25, -0.2) is 4.79 Å². The molecule has 31 heavy (non-hydrogen) atoms. The van der Waals surface area contributed by atoms with Crippen LogP contribution >= 0.6 is 0 Å². The van der Waals surface area contributed by atoms with Gasteiger partial charge in [0.15, 0.2) is 6.04 Å². The van der Waals surface area contributed by atoms with E-state index in [9.17, 15) is 22.6 Å². The molecule has 1 aromatic heterocycles. The Labute approximate surface area is 178 Å². The van der Waals surface area contributed by atoms with Gasteiger partial charge in [0.25, 0.3) is 5.91 Å². The summed E-state index contributed by atoms with van der Waals surface area (Å²) in [6, 6.07) is 6.20. The van der Waals surface area contributed by atoms with Crippen molar-refractivity contribution in [2.24, 2.45) is 7.05 Å². The number of rotatable bonds is 6. The summed E-state index contributed by atoms with van der Waals surface area (Å²) >= 11 is 0. The van der Waals surface area contributed by atoms with Crippen molar-refractivity contribution in [3.63, 3.8) is 0 Å². The van der Waals surface area contributed by atoms with Gasteiger partial charge in [-0.1, -0.05) is 18.2 Å². The molecular weight excluding hydrogens is 430 g/mol. The number of para-hydroxylation sites is 1. The van der Waals surface area contributed by atoms with Crippen molar-refractivity contribution in [1.29, 1.82) is 0 Å². The lowest BCUT2D eigenvalue weighted by molar-refractivity contribution is -0.134. The van der Waals surface area contributed by atoms with Crippen LogP contribution in [-0.2, 0) is 33.1 Å². The van der Waals surface area contributed by atoms with E-state index in [1.165, 1.54) is 14.5 Å². The van der Waals surface area contributed by atoms with Crippen LogP contribution in [0.25, 0.3) is 0 Å². The maximum Gasteiger partial charge on any atom is 0.418 e. The molecule has 2 aromatic rings. The normalized spacial score (nSPS) is 20.1. The molecule has 0 saturated carbocycles. The molecule has 0 aliphatic carbocycles. The molecule has 13 heteroatoms. The van der Waals surface area contributed by atoms with Crippen LogP contribution in [0, 0.1) is 0 Å². The molecule has 1 saturated heterocycles. The number of aryl methyl sites for hydroxylation is 1. The van der Waals surface area contributed by atoms with Gasteiger partial charge in [-0.2, -0.15) is 18.6 Å². The molecule has 3 heterocycles. The average Bonchev–Trinajstić information content (AvgIpc) is 3.17. The molecule has 12 nitrogen and oxygen atoms in total. The zero-order valence-electron chi connectivity index (χ0n) is 17.0. The lowest BCUT2D eigenvalue weighted by Crippen LogP contribution is -2.44. The highest BCUT2D eigenvalue weighted by atomic mass is 32.3. The average molecular weight is 451 g/mol. The minimum absolute atomic E-state index is 0.0144. The standard InChI is InChI=1S/C18H21N5O7S/c1-20(2)17(24)16-15-14(13-9-22(16)18(25)23(13)30-31(26,27)28)12(19-21(15)3)10-29-11-7-5-4-6-8-11/h4-8,13,16H,9-10H2,1-3H3,(H,26,27,28). The molecule has 1 fully saturated rings. The van der Waals surface area contributed by atoms with Crippen molar-refractivity contribution in [2.75, 3.05) is 20.6 Å². The number of urea groups is 1. The van der Waals surface area contributed by atoms with E-state index < -0.39 is 28.5 Å². The Morgan fingerprint density at radius 3 is 2.58 bits per heavy atom. The maximum absolute atomic E-state index is 13.0. The minimum Gasteiger partial charge on any atom is -0.487 e. The predicted molar refractivity (Wildman–Crippen MR) is 105 cm³/mol. The summed E-state index contributed by atoms with van der Waals surface area (Å²) in [5.74, 6) is 0.203.